The highest BCUT2D eigenvalue weighted by atomic mass is 79.9. The molecule has 11 heteroatoms. The van der Waals surface area contributed by atoms with E-state index in [1.807, 2.05) is 30.3 Å². The van der Waals surface area contributed by atoms with Crippen LogP contribution in [0.2, 0.25) is 0 Å². The van der Waals surface area contributed by atoms with Gasteiger partial charge in [-0.3, -0.25) is 9.10 Å². The predicted molar refractivity (Wildman–Crippen MR) is 155 cm³/mol. The molecule has 0 fully saturated rings. The Morgan fingerprint density at radius 2 is 1.65 bits per heavy atom. The highest BCUT2D eigenvalue weighted by molar-refractivity contribution is 9.10. The molecule has 0 radical (unpaired) electrons. The van der Waals surface area contributed by atoms with Crippen LogP contribution in [0.1, 0.15) is 11.1 Å². The van der Waals surface area contributed by atoms with Crippen molar-refractivity contribution in [3.63, 3.8) is 0 Å². The van der Waals surface area contributed by atoms with E-state index in [0.29, 0.717) is 28.1 Å². The molecule has 8 nitrogen and oxygen atoms in total. The van der Waals surface area contributed by atoms with E-state index >= 15 is 0 Å². The van der Waals surface area contributed by atoms with Gasteiger partial charge in [0.05, 0.1) is 28.4 Å². The molecule has 0 saturated heterocycles. The fraction of sp³-hybridized carbons (Fsp3) is 0.103. The summed E-state index contributed by atoms with van der Waals surface area (Å²) in [5.41, 5.74) is 4.06. The number of ether oxygens (including phenoxy) is 2. The second kappa shape index (κ2) is 13.2. The second-order valence-corrected chi connectivity index (χ2v) is 11.1. The Morgan fingerprint density at radius 1 is 1.00 bits per heavy atom. The summed E-state index contributed by atoms with van der Waals surface area (Å²) < 4.78 is 53.0. The van der Waals surface area contributed by atoms with Crippen LogP contribution in [0.25, 0.3) is 0 Å². The number of anilines is 1. The van der Waals surface area contributed by atoms with Gasteiger partial charge in [0, 0.05) is 0 Å². The zero-order valence-electron chi connectivity index (χ0n) is 21.3. The smallest absolute Gasteiger partial charge is 0.264 e. The summed E-state index contributed by atoms with van der Waals surface area (Å²) in [5.74, 6) is -0.273. The number of hydrogen-bond acceptors (Lipinski definition) is 6. The molecule has 0 aromatic heterocycles. The molecular formula is C29H25BrFN3O5S. The molecule has 4 aromatic rings. The van der Waals surface area contributed by atoms with Gasteiger partial charge < -0.3 is 9.47 Å². The lowest BCUT2D eigenvalue weighted by atomic mass is 10.2. The number of methoxy groups -OCH3 is 1. The lowest BCUT2D eigenvalue weighted by Crippen LogP contribution is -2.39. The Balaban J connectivity index is 1.48. The molecular weight excluding hydrogens is 601 g/mol. The van der Waals surface area contributed by atoms with Crippen LogP contribution >= 0.6 is 15.9 Å². The summed E-state index contributed by atoms with van der Waals surface area (Å²) in [7, 11) is -2.61. The Kier molecular flexibility index (Phi) is 9.52. The number of hydrazone groups is 1. The zero-order chi connectivity index (χ0) is 28.5. The first-order chi connectivity index (χ1) is 19.3. The van der Waals surface area contributed by atoms with Crippen LogP contribution in [-0.2, 0) is 21.4 Å². The maximum atomic E-state index is 13.5. The van der Waals surface area contributed by atoms with E-state index in [1.54, 1.807) is 30.3 Å². The lowest BCUT2D eigenvalue weighted by Gasteiger charge is -2.23. The molecule has 0 aliphatic carbocycles. The average Bonchev–Trinajstić information content (AvgIpc) is 2.96. The number of rotatable bonds is 11. The van der Waals surface area contributed by atoms with Gasteiger partial charge in [-0.25, -0.2) is 18.2 Å². The highest BCUT2D eigenvalue weighted by Crippen LogP contribution is 2.37. The highest BCUT2D eigenvalue weighted by Gasteiger charge is 2.27. The van der Waals surface area contributed by atoms with Gasteiger partial charge in [-0.15, -0.1) is 0 Å². The third kappa shape index (κ3) is 7.25. The minimum atomic E-state index is -4.12. The van der Waals surface area contributed by atoms with E-state index in [2.05, 4.69) is 26.5 Å². The number of carbonyl (C=O) groups is 1. The van der Waals surface area contributed by atoms with Crippen molar-refractivity contribution in [2.24, 2.45) is 5.10 Å². The van der Waals surface area contributed by atoms with E-state index in [0.717, 1.165) is 22.0 Å². The number of nitrogens with one attached hydrogen (secondary N) is 1. The maximum absolute atomic E-state index is 13.5. The van der Waals surface area contributed by atoms with Gasteiger partial charge in [0.15, 0.2) is 11.5 Å². The van der Waals surface area contributed by atoms with Crippen molar-refractivity contribution in [3.8, 4) is 11.5 Å². The van der Waals surface area contributed by atoms with Crippen molar-refractivity contribution in [1.29, 1.82) is 0 Å². The minimum absolute atomic E-state index is 0.0119. The van der Waals surface area contributed by atoms with Gasteiger partial charge in [-0.2, -0.15) is 5.10 Å². The fourth-order valence-electron chi connectivity index (χ4n) is 3.67. The van der Waals surface area contributed by atoms with E-state index in [1.165, 1.54) is 37.6 Å². The number of halogens is 2. The van der Waals surface area contributed by atoms with Crippen LogP contribution in [0.15, 0.2) is 112 Å². The largest absolute Gasteiger partial charge is 0.493 e. The Morgan fingerprint density at radius 3 is 2.30 bits per heavy atom. The number of nitrogens with zero attached hydrogens (tertiary/aromatic N) is 2. The van der Waals surface area contributed by atoms with Gasteiger partial charge in [0.1, 0.15) is 19.0 Å². The van der Waals surface area contributed by atoms with Crippen molar-refractivity contribution >= 4 is 43.8 Å². The number of hydrogen-bond donors (Lipinski definition) is 1. The van der Waals surface area contributed by atoms with E-state index in [-0.39, 0.29) is 10.6 Å². The molecule has 4 rings (SSSR count). The van der Waals surface area contributed by atoms with Gasteiger partial charge in [-0.05, 0) is 75.6 Å². The van der Waals surface area contributed by atoms with E-state index in [4.69, 9.17) is 9.47 Å². The third-order valence-corrected chi connectivity index (χ3v) is 7.99. The second-order valence-electron chi connectivity index (χ2n) is 8.40. The first-order valence-electron chi connectivity index (χ1n) is 12.0. The van der Waals surface area contributed by atoms with Crippen LogP contribution in [0.3, 0.4) is 0 Å². The summed E-state index contributed by atoms with van der Waals surface area (Å²) in [4.78, 5) is 12.8. The standard InChI is InChI=1S/C29H25BrFN3O5S/c1-38-27-17-22(16-26(30)29(27)39-20-21-8-4-2-5-9-21)18-32-33-28(35)19-34(24-14-12-23(31)13-15-24)40(36,37)25-10-6-3-7-11-25/h2-18H,19-20H2,1H3,(H,33,35)/b32-18-. The molecule has 1 N–H and O–H groups in total. The molecule has 0 aliphatic rings. The first kappa shape index (κ1) is 28.8. The van der Waals surface area contributed by atoms with Gasteiger partial charge in [0.25, 0.3) is 15.9 Å². The van der Waals surface area contributed by atoms with Crippen molar-refractivity contribution < 1.29 is 27.1 Å². The minimum Gasteiger partial charge on any atom is -0.493 e. The third-order valence-electron chi connectivity index (χ3n) is 5.61. The Labute approximate surface area is 240 Å². The maximum Gasteiger partial charge on any atom is 0.264 e. The first-order valence-corrected chi connectivity index (χ1v) is 14.2. The molecule has 40 heavy (non-hydrogen) atoms. The summed E-state index contributed by atoms with van der Waals surface area (Å²) in [6.45, 7) is -0.241. The fourth-order valence-corrected chi connectivity index (χ4v) is 5.69. The van der Waals surface area contributed by atoms with Crippen LogP contribution in [0.4, 0.5) is 10.1 Å². The average molecular weight is 627 g/mol. The zero-order valence-corrected chi connectivity index (χ0v) is 23.7. The van der Waals surface area contributed by atoms with Crippen molar-refractivity contribution in [2.75, 3.05) is 18.0 Å². The molecule has 1 amide bonds. The summed E-state index contributed by atoms with van der Waals surface area (Å²) in [5, 5.41) is 3.97. The normalized spacial score (nSPS) is 11.3. The monoisotopic (exact) mass is 625 g/mol. The molecule has 0 heterocycles. The van der Waals surface area contributed by atoms with E-state index in [9.17, 15) is 17.6 Å². The molecule has 0 saturated carbocycles. The van der Waals surface area contributed by atoms with E-state index < -0.39 is 28.3 Å². The predicted octanol–water partition coefficient (Wildman–Crippen LogP) is 5.52. The van der Waals surface area contributed by atoms with Crippen LogP contribution in [0.5, 0.6) is 11.5 Å². The molecule has 0 spiro atoms. The van der Waals surface area contributed by atoms with Crippen LogP contribution in [-0.4, -0.2) is 34.2 Å². The Hall–Kier alpha value is -4.22. The van der Waals surface area contributed by atoms with Crippen molar-refractivity contribution in [1.82, 2.24) is 5.43 Å². The van der Waals surface area contributed by atoms with Crippen LogP contribution < -0.4 is 19.2 Å². The van der Waals surface area contributed by atoms with Crippen molar-refractivity contribution in [3.05, 3.63) is 118 Å². The Bertz CT molecular complexity index is 1590. The summed E-state index contributed by atoms with van der Waals surface area (Å²) in [6, 6.07) is 25.6. The number of sulfonamides is 1. The number of benzene rings is 4. The quantitative estimate of drug-likeness (QED) is 0.175. The molecule has 206 valence electrons. The van der Waals surface area contributed by atoms with Crippen LogP contribution in [0, 0.1) is 5.82 Å². The topological polar surface area (TPSA) is 97.3 Å². The molecule has 0 aliphatic heterocycles. The summed E-state index contributed by atoms with van der Waals surface area (Å²) in [6.07, 6.45) is 1.39. The molecule has 0 bridgehead atoms. The lowest BCUT2D eigenvalue weighted by molar-refractivity contribution is -0.119. The number of amides is 1. The molecule has 0 unspecified atom stereocenters. The SMILES string of the molecule is COc1cc(/C=N\NC(=O)CN(c2ccc(F)cc2)S(=O)(=O)c2ccccc2)cc(Br)c1OCc1ccccc1. The number of carbonyl (C=O) groups excluding carboxylic acids is 1. The molecule has 0 atom stereocenters. The van der Waals surface area contributed by atoms with Crippen molar-refractivity contribution in [2.45, 2.75) is 11.5 Å². The van der Waals surface area contributed by atoms with Gasteiger partial charge in [0.2, 0.25) is 0 Å². The molecule has 4 aromatic carbocycles. The van der Waals surface area contributed by atoms with Gasteiger partial charge in [-0.1, -0.05) is 48.5 Å². The summed E-state index contributed by atoms with van der Waals surface area (Å²) >= 11 is 3.49. The van der Waals surface area contributed by atoms with Gasteiger partial charge >= 0.3 is 0 Å².